The molecule has 0 bridgehead atoms. The lowest BCUT2D eigenvalue weighted by Crippen LogP contribution is -2.31. The molecule has 0 spiro atoms. The first-order valence-electron chi connectivity index (χ1n) is 6.14. The van der Waals surface area contributed by atoms with Crippen molar-refractivity contribution in [2.45, 2.75) is 64.8 Å². The smallest absolute Gasteiger partial charge is 0.322 e. The second-order valence-electron chi connectivity index (χ2n) is 3.95. The van der Waals surface area contributed by atoms with Gasteiger partial charge in [0.2, 0.25) is 0 Å². The second kappa shape index (κ2) is 9.97. The molecule has 0 fully saturated rings. The maximum absolute atomic E-state index is 11.2. The average molecular weight is 215 g/mol. The van der Waals surface area contributed by atoms with Gasteiger partial charge >= 0.3 is 5.97 Å². The van der Waals surface area contributed by atoms with E-state index < -0.39 is 6.04 Å². The van der Waals surface area contributed by atoms with Gasteiger partial charge < -0.3 is 10.5 Å². The van der Waals surface area contributed by atoms with Crippen LogP contribution in [0.3, 0.4) is 0 Å². The molecule has 0 rings (SSSR count). The minimum absolute atomic E-state index is 0.258. The zero-order chi connectivity index (χ0) is 11.5. The molecule has 0 aromatic carbocycles. The molecule has 2 N–H and O–H groups in total. The summed E-state index contributed by atoms with van der Waals surface area (Å²) in [5.74, 6) is -0.258. The maximum atomic E-state index is 11.2. The third kappa shape index (κ3) is 8.43. The normalized spacial score (nSPS) is 12.5. The number of carbonyl (C=O) groups is 1. The molecule has 0 radical (unpaired) electrons. The number of esters is 1. The molecule has 0 unspecified atom stereocenters. The molecule has 0 aromatic rings. The van der Waals surface area contributed by atoms with Gasteiger partial charge in [0.1, 0.15) is 6.04 Å². The lowest BCUT2D eigenvalue weighted by Gasteiger charge is -2.08. The topological polar surface area (TPSA) is 52.3 Å². The van der Waals surface area contributed by atoms with Crippen LogP contribution in [0.5, 0.6) is 0 Å². The number of nitrogens with two attached hydrogens (primary N) is 1. The molecule has 0 saturated heterocycles. The molecule has 3 nitrogen and oxygen atoms in total. The molecule has 0 aliphatic heterocycles. The summed E-state index contributed by atoms with van der Waals surface area (Å²) in [4.78, 5) is 11.2. The molecule has 0 saturated carbocycles. The van der Waals surface area contributed by atoms with Gasteiger partial charge in [-0.15, -0.1) is 0 Å². The predicted octanol–water partition coefficient (Wildman–Crippen LogP) is 2.63. The van der Waals surface area contributed by atoms with Crippen LogP contribution in [0.25, 0.3) is 0 Å². The van der Waals surface area contributed by atoms with Crippen LogP contribution < -0.4 is 5.73 Å². The molecule has 0 aromatic heterocycles. The number of unbranched alkanes of at least 4 members (excludes halogenated alkanes) is 5. The van der Waals surface area contributed by atoms with E-state index in [9.17, 15) is 4.79 Å². The number of hydrogen-bond donors (Lipinski definition) is 1. The van der Waals surface area contributed by atoms with E-state index in [0.717, 1.165) is 12.8 Å². The molecular weight excluding hydrogens is 190 g/mol. The fourth-order valence-electron chi connectivity index (χ4n) is 1.33. The largest absolute Gasteiger partial charge is 0.465 e. The standard InChI is InChI=1S/C12H25NO2/c1-3-5-6-7-8-9-10-15-12(14)11(13)4-2/h11H,3-10,13H2,1-2H3/t11-/m1/s1. The molecule has 3 heteroatoms. The molecule has 1 atom stereocenters. The van der Waals surface area contributed by atoms with Gasteiger partial charge in [0.05, 0.1) is 6.61 Å². The van der Waals surface area contributed by atoms with Gasteiger partial charge in [-0.05, 0) is 12.8 Å². The first-order valence-corrected chi connectivity index (χ1v) is 6.14. The van der Waals surface area contributed by atoms with E-state index in [2.05, 4.69) is 6.92 Å². The Morgan fingerprint density at radius 3 is 2.33 bits per heavy atom. The van der Waals surface area contributed by atoms with Crippen LogP contribution in [-0.2, 0) is 9.53 Å². The van der Waals surface area contributed by atoms with E-state index in [-0.39, 0.29) is 5.97 Å². The molecule has 15 heavy (non-hydrogen) atoms. The van der Waals surface area contributed by atoms with Crippen molar-refractivity contribution in [3.05, 3.63) is 0 Å². The van der Waals surface area contributed by atoms with E-state index in [1.54, 1.807) is 0 Å². The van der Waals surface area contributed by atoms with Gasteiger partial charge in [-0.25, -0.2) is 0 Å². The van der Waals surface area contributed by atoms with Crippen molar-refractivity contribution in [2.24, 2.45) is 5.73 Å². The van der Waals surface area contributed by atoms with Gasteiger partial charge in [-0.2, -0.15) is 0 Å². The Kier molecular flexibility index (Phi) is 9.59. The summed E-state index contributed by atoms with van der Waals surface area (Å²) in [6.45, 7) is 4.61. The Morgan fingerprint density at radius 2 is 1.73 bits per heavy atom. The van der Waals surface area contributed by atoms with Crippen molar-refractivity contribution >= 4 is 5.97 Å². The molecule has 0 aliphatic rings. The van der Waals surface area contributed by atoms with Crippen LogP contribution in [0.2, 0.25) is 0 Å². The Labute approximate surface area is 93.4 Å². The van der Waals surface area contributed by atoms with Gasteiger partial charge in [-0.3, -0.25) is 4.79 Å². The van der Waals surface area contributed by atoms with Crippen LogP contribution in [0.1, 0.15) is 58.8 Å². The Morgan fingerprint density at radius 1 is 1.13 bits per heavy atom. The minimum Gasteiger partial charge on any atom is -0.465 e. The van der Waals surface area contributed by atoms with E-state index >= 15 is 0 Å². The van der Waals surface area contributed by atoms with Crippen molar-refractivity contribution in [1.82, 2.24) is 0 Å². The van der Waals surface area contributed by atoms with Crippen LogP contribution in [0, 0.1) is 0 Å². The summed E-state index contributed by atoms with van der Waals surface area (Å²) >= 11 is 0. The Balaban J connectivity index is 3.20. The van der Waals surface area contributed by atoms with Crippen LogP contribution in [-0.4, -0.2) is 18.6 Å². The monoisotopic (exact) mass is 215 g/mol. The molecule has 0 aliphatic carbocycles. The summed E-state index contributed by atoms with van der Waals surface area (Å²) in [5, 5.41) is 0. The van der Waals surface area contributed by atoms with Crippen molar-refractivity contribution < 1.29 is 9.53 Å². The van der Waals surface area contributed by atoms with Crippen LogP contribution >= 0.6 is 0 Å². The fourth-order valence-corrected chi connectivity index (χ4v) is 1.33. The minimum atomic E-state index is -0.440. The highest BCUT2D eigenvalue weighted by molar-refractivity contribution is 5.75. The Bertz CT molecular complexity index is 160. The summed E-state index contributed by atoms with van der Waals surface area (Å²) in [5.41, 5.74) is 5.52. The summed E-state index contributed by atoms with van der Waals surface area (Å²) < 4.78 is 5.04. The highest BCUT2D eigenvalue weighted by atomic mass is 16.5. The molecular formula is C12H25NO2. The highest BCUT2D eigenvalue weighted by Gasteiger charge is 2.11. The lowest BCUT2D eigenvalue weighted by molar-refractivity contribution is -0.145. The fraction of sp³-hybridized carbons (Fsp3) is 0.917. The number of ether oxygens (including phenoxy) is 1. The zero-order valence-electron chi connectivity index (χ0n) is 10.1. The van der Waals surface area contributed by atoms with Gasteiger partial charge in [0.15, 0.2) is 0 Å². The average Bonchev–Trinajstić information content (AvgIpc) is 2.26. The van der Waals surface area contributed by atoms with E-state index in [1.807, 2.05) is 6.92 Å². The Hall–Kier alpha value is -0.570. The van der Waals surface area contributed by atoms with Gasteiger partial charge in [-0.1, -0.05) is 46.0 Å². The van der Waals surface area contributed by atoms with E-state index in [1.165, 1.54) is 25.7 Å². The van der Waals surface area contributed by atoms with Crippen molar-refractivity contribution in [3.63, 3.8) is 0 Å². The van der Waals surface area contributed by atoms with Crippen LogP contribution in [0.4, 0.5) is 0 Å². The summed E-state index contributed by atoms with van der Waals surface area (Å²) in [6, 6.07) is -0.440. The van der Waals surface area contributed by atoms with Gasteiger partial charge in [0, 0.05) is 0 Å². The lowest BCUT2D eigenvalue weighted by atomic mass is 10.1. The first-order chi connectivity index (χ1) is 7.22. The van der Waals surface area contributed by atoms with E-state index in [0.29, 0.717) is 13.0 Å². The molecule has 0 heterocycles. The van der Waals surface area contributed by atoms with E-state index in [4.69, 9.17) is 10.5 Å². The summed E-state index contributed by atoms with van der Waals surface area (Å²) in [6.07, 6.45) is 7.86. The van der Waals surface area contributed by atoms with Crippen molar-refractivity contribution in [1.29, 1.82) is 0 Å². The third-order valence-corrected chi connectivity index (χ3v) is 2.48. The molecule has 0 amide bonds. The third-order valence-electron chi connectivity index (χ3n) is 2.48. The second-order valence-corrected chi connectivity index (χ2v) is 3.95. The predicted molar refractivity (Wildman–Crippen MR) is 62.6 cm³/mol. The quantitative estimate of drug-likeness (QED) is 0.475. The maximum Gasteiger partial charge on any atom is 0.322 e. The highest BCUT2D eigenvalue weighted by Crippen LogP contribution is 2.05. The zero-order valence-corrected chi connectivity index (χ0v) is 10.1. The number of carbonyl (C=O) groups excluding carboxylic acids is 1. The number of hydrogen-bond acceptors (Lipinski definition) is 3. The molecule has 90 valence electrons. The van der Waals surface area contributed by atoms with Crippen molar-refractivity contribution in [2.75, 3.05) is 6.61 Å². The summed E-state index contributed by atoms with van der Waals surface area (Å²) in [7, 11) is 0. The van der Waals surface area contributed by atoms with Crippen molar-refractivity contribution in [3.8, 4) is 0 Å². The van der Waals surface area contributed by atoms with Crippen LogP contribution in [0.15, 0.2) is 0 Å². The first kappa shape index (κ1) is 14.4. The van der Waals surface area contributed by atoms with Gasteiger partial charge in [0.25, 0.3) is 0 Å². The number of rotatable bonds is 9. The SMILES string of the molecule is CCCCCCCCOC(=O)[C@H](N)CC.